The number of thiophene rings is 1. The Bertz CT molecular complexity index is 793. The number of likely N-dealkylation sites (N-methyl/N-ethyl adjacent to an activating group) is 1. The zero-order valence-electron chi connectivity index (χ0n) is 13.4. The summed E-state index contributed by atoms with van der Waals surface area (Å²) in [6, 6.07) is 8.74. The molecule has 8 heteroatoms. The number of carbonyl (C=O) groups is 2. The van der Waals surface area contributed by atoms with Gasteiger partial charge in [0.2, 0.25) is 5.91 Å². The van der Waals surface area contributed by atoms with E-state index in [1.807, 2.05) is 17.5 Å². The van der Waals surface area contributed by atoms with Crippen molar-refractivity contribution in [1.29, 1.82) is 0 Å². The highest BCUT2D eigenvalue weighted by atomic mass is 32.1. The van der Waals surface area contributed by atoms with Crippen LogP contribution in [-0.4, -0.2) is 39.8 Å². The fourth-order valence-electron chi connectivity index (χ4n) is 2.64. The molecule has 3 rings (SSSR count). The molecule has 5 nitrogen and oxygen atoms in total. The van der Waals surface area contributed by atoms with Crippen LogP contribution in [0.4, 0.5) is 10.1 Å². The summed E-state index contributed by atoms with van der Waals surface area (Å²) in [6.45, 7) is 0.487. The Morgan fingerprint density at radius 1 is 1.32 bits per heavy atom. The van der Waals surface area contributed by atoms with Gasteiger partial charge < -0.3 is 10.2 Å². The second-order valence-electron chi connectivity index (χ2n) is 5.66. The maximum absolute atomic E-state index is 12.9. The molecule has 1 aliphatic heterocycles. The standard InChI is InChI=1S/C17H16FN3O2S2/c1-20-16(23)14(21(17(20)24)10-13-3-2-8-25-13)9-15(22)19-12-6-4-11(18)5-7-12/h2-8,14H,9-10H2,1H3,(H,19,22)/t14-/m0/s1. The van der Waals surface area contributed by atoms with Gasteiger partial charge in [-0.1, -0.05) is 6.07 Å². The molecular weight excluding hydrogens is 361 g/mol. The molecule has 1 aromatic heterocycles. The van der Waals surface area contributed by atoms with Crippen molar-refractivity contribution in [2.45, 2.75) is 19.0 Å². The first-order valence-electron chi connectivity index (χ1n) is 7.61. The summed E-state index contributed by atoms with van der Waals surface area (Å²) < 4.78 is 12.9. The molecule has 0 aliphatic carbocycles. The van der Waals surface area contributed by atoms with Gasteiger partial charge in [0, 0.05) is 17.6 Å². The van der Waals surface area contributed by atoms with Crippen LogP contribution in [0.15, 0.2) is 41.8 Å². The van der Waals surface area contributed by atoms with E-state index in [2.05, 4.69) is 5.32 Å². The van der Waals surface area contributed by atoms with E-state index in [0.29, 0.717) is 17.3 Å². The number of hydrogen-bond donors (Lipinski definition) is 1. The third kappa shape index (κ3) is 3.85. The van der Waals surface area contributed by atoms with Gasteiger partial charge in [0.25, 0.3) is 5.91 Å². The number of amides is 2. The minimum atomic E-state index is -0.639. The second kappa shape index (κ2) is 7.28. The van der Waals surface area contributed by atoms with E-state index in [1.54, 1.807) is 23.3 Å². The zero-order valence-corrected chi connectivity index (χ0v) is 15.1. The summed E-state index contributed by atoms with van der Waals surface area (Å²) in [5.74, 6) is -0.895. The molecular formula is C17H16FN3O2S2. The van der Waals surface area contributed by atoms with E-state index in [-0.39, 0.29) is 24.1 Å². The maximum atomic E-state index is 12.9. The largest absolute Gasteiger partial charge is 0.331 e. The number of nitrogens with zero attached hydrogens (tertiary/aromatic N) is 2. The molecule has 1 fully saturated rings. The van der Waals surface area contributed by atoms with E-state index >= 15 is 0 Å². The van der Waals surface area contributed by atoms with E-state index < -0.39 is 6.04 Å². The summed E-state index contributed by atoms with van der Waals surface area (Å²) in [4.78, 5) is 29.0. The molecule has 25 heavy (non-hydrogen) atoms. The lowest BCUT2D eigenvalue weighted by Crippen LogP contribution is -2.37. The normalized spacial score (nSPS) is 17.3. The van der Waals surface area contributed by atoms with Crippen LogP contribution in [0.2, 0.25) is 0 Å². The molecule has 1 aliphatic rings. The van der Waals surface area contributed by atoms with E-state index in [1.165, 1.54) is 29.2 Å². The van der Waals surface area contributed by atoms with Crippen LogP contribution in [0.3, 0.4) is 0 Å². The lowest BCUT2D eigenvalue weighted by Gasteiger charge is -2.22. The molecule has 2 amide bonds. The first-order chi connectivity index (χ1) is 12.0. The van der Waals surface area contributed by atoms with E-state index in [9.17, 15) is 14.0 Å². The average Bonchev–Trinajstić information content (AvgIpc) is 3.17. The Morgan fingerprint density at radius 3 is 2.68 bits per heavy atom. The van der Waals surface area contributed by atoms with Crippen molar-refractivity contribution in [1.82, 2.24) is 9.80 Å². The van der Waals surface area contributed by atoms with Crippen LogP contribution in [0, 0.1) is 5.82 Å². The average molecular weight is 377 g/mol. The Labute approximate surface area is 154 Å². The monoisotopic (exact) mass is 377 g/mol. The molecule has 0 radical (unpaired) electrons. The van der Waals surface area contributed by atoms with Crippen molar-refractivity contribution in [3.05, 3.63) is 52.5 Å². The summed E-state index contributed by atoms with van der Waals surface area (Å²) in [6.07, 6.45) is -0.0218. The number of rotatable bonds is 5. The predicted octanol–water partition coefficient (Wildman–Crippen LogP) is 2.84. The van der Waals surface area contributed by atoms with Crippen LogP contribution in [0.1, 0.15) is 11.3 Å². The van der Waals surface area contributed by atoms with Gasteiger partial charge in [-0.25, -0.2) is 4.39 Å². The summed E-state index contributed by atoms with van der Waals surface area (Å²) in [5, 5.41) is 5.05. The van der Waals surface area contributed by atoms with Gasteiger partial charge >= 0.3 is 0 Å². The zero-order chi connectivity index (χ0) is 18.0. The Hall–Kier alpha value is -2.32. The minimum absolute atomic E-state index is 0.0218. The summed E-state index contributed by atoms with van der Waals surface area (Å²) in [5.41, 5.74) is 0.484. The first kappa shape index (κ1) is 17.5. The quantitative estimate of drug-likeness (QED) is 0.814. The van der Waals surface area contributed by atoms with Gasteiger partial charge in [0.1, 0.15) is 11.9 Å². The number of benzene rings is 1. The molecule has 1 saturated heterocycles. The van der Waals surface area contributed by atoms with Gasteiger partial charge in [-0.15, -0.1) is 11.3 Å². The van der Waals surface area contributed by atoms with Crippen molar-refractivity contribution in [2.75, 3.05) is 12.4 Å². The van der Waals surface area contributed by atoms with Crippen LogP contribution < -0.4 is 5.32 Å². The van der Waals surface area contributed by atoms with Gasteiger partial charge in [-0.2, -0.15) is 0 Å². The van der Waals surface area contributed by atoms with Gasteiger partial charge in [-0.05, 0) is 47.9 Å². The SMILES string of the molecule is CN1C(=O)[C@H](CC(=O)Nc2ccc(F)cc2)N(Cc2cccs2)C1=S. The smallest absolute Gasteiger partial charge is 0.251 e. The third-order valence-electron chi connectivity index (χ3n) is 3.94. The molecule has 0 saturated carbocycles. The molecule has 130 valence electrons. The van der Waals surface area contributed by atoms with Gasteiger partial charge in [0.15, 0.2) is 5.11 Å². The van der Waals surface area contributed by atoms with Crippen LogP contribution >= 0.6 is 23.6 Å². The number of nitrogens with one attached hydrogen (secondary N) is 1. The minimum Gasteiger partial charge on any atom is -0.331 e. The number of halogens is 1. The molecule has 0 unspecified atom stereocenters. The van der Waals surface area contributed by atoms with Crippen molar-refractivity contribution in [2.24, 2.45) is 0 Å². The van der Waals surface area contributed by atoms with E-state index in [4.69, 9.17) is 12.2 Å². The topological polar surface area (TPSA) is 52.7 Å². The predicted molar refractivity (Wildman–Crippen MR) is 98.7 cm³/mol. The number of anilines is 1. The number of thiocarbonyl (C=S) groups is 1. The number of hydrogen-bond acceptors (Lipinski definition) is 4. The van der Waals surface area contributed by atoms with Crippen molar-refractivity contribution < 1.29 is 14.0 Å². The van der Waals surface area contributed by atoms with Crippen LogP contribution in [0.25, 0.3) is 0 Å². The van der Waals surface area contributed by atoms with Gasteiger partial charge in [0.05, 0.1) is 13.0 Å². The first-order valence-corrected chi connectivity index (χ1v) is 8.90. The molecule has 1 atom stereocenters. The molecule has 2 heterocycles. The molecule has 1 aromatic carbocycles. The molecule has 0 bridgehead atoms. The van der Waals surface area contributed by atoms with E-state index in [0.717, 1.165) is 4.88 Å². The summed E-state index contributed by atoms with van der Waals surface area (Å²) >= 11 is 6.92. The van der Waals surface area contributed by atoms with Crippen molar-refractivity contribution in [3.63, 3.8) is 0 Å². The Kier molecular flexibility index (Phi) is 5.10. The highest BCUT2D eigenvalue weighted by Crippen LogP contribution is 2.24. The van der Waals surface area contributed by atoms with Gasteiger partial charge in [-0.3, -0.25) is 14.5 Å². The maximum Gasteiger partial charge on any atom is 0.251 e. The molecule has 1 N–H and O–H groups in total. The number of carbonyl (C=O) groups excluding carboxylic acids is 2. The highest BCUT2D eigenvalue weighted by Gasteiger charge is 2.41. The second-order valence-corrected chi connectivity index (χ2v) is 7.06. The lowest BCUT2D eigenvalue weighted by atomic mass is 10.1. The summed E-state index contributed by atoms with van der Waals surface area (Å²) in [7, 11) is 1.62. The molecule has 2 aromatic rings. The highest BCUT2D eigenvalue weighted by molar-refractivity contribution is 7.80. The Morgan fingerprint density at radius 2 is 2.04 bits per heavy atom. The van der Waals surface area contributed by atoms with Crippen LogP contribution in [0.5, 0.6) is 0 Å². The lowest BCUT2D eigenvalue weighted by molar-refractivity contribution is -0.130. The molecule has 0 spiro atoms. The third-order valence-corrected chi connectivity index (χ3v) is 5.31. The van der Waals surface area contributed by atoms with Crippen LogP contribution in [-0.2, 0) is 16.1 Å². The van der Waals surface area contributed by atoms with Crippen molar-refractivity contribution >= 4 is 46.2 Å². The fraction of sp³-hybridized carbons (Fsp3) is 0.235. The van der Waals surface area contributed by atoms with Crippen molar-refractivity contribution in [3.8, 4) is 0 Å². The Balaban J connectivity index is 1.71. The fourth-order valence-corrected chi connectivity index (χ4v) is 3.63.